The maximum Gasteiger partial charge on any atom is 0.419 e. The van der Waals surface area contributed by atoms with Crippen LogP contribution in [0.3, 0.4) is 0 Å². The van der Waals surface area contributed by atoms with Crippen LogP contribution in [0.5, 0.6) is 0 Å². The third-order valence-corrected chi connectivity index (χ3v) is 8.20. The van der Waals surface area contributed by atoms with E-state index in [9.17, 15) is 22.4 Å². The van der Waals surface area contributed by atoms with E-state index in [1.54, 1.807) is 25.6 Å². The second kappa shape index (κ2) is 13.4. The molecule has 5 rings (SSSR count). The Labute approximate surface area is 269 Å². The molecule has 0 saturated carbocycles. The molecule has 3 aromatic heterocycles. The van der Waals surface area contributed by atoms with Crippen molar-refractivity contribution in [3.63, 3.8) is 0 Å². The molecule has 1 atom stereocenters. The van der Waals surface area contributed by atoms with Crippen molar-refractivity contribution < 1.29 is 32.2 Å². The molecule has 0 spiro atoms. The Balaban J connectivity index is 1.48. The van der Waals surface area contributed by atoms with Crippen LogP contribution >= 0.6 is 0 Å². The number of benzene rings is 1. The molecule has 0 aliphatic carbocycles. The average molecular weight is 659 g/mol. The van der Waals surface area contributed by atoms with Gasteiger partial charge in [0.2, 0.25) is 0 Å². The number of hydrogen-bond donors (Lipinski definition) is 2. The molecular formula is C32H38F4N8O3. The van der Waals surface area contributed by atoms with Gasteiger partial charge in [-0.05, 0) is 31.2 Å². The first-order valence-corrected chi connectivity index (χ1v) is 15.2. The van der Waals surface area contributed by atoms with Gasteiger partial charge in [0.05, 0.1) is 42.4 Å². The summed E-state index contributed by atoms with van der Waals surface area (Å²) in [5.41, 5.74) is 0.516. The van der Waals surface area contributed by atoms with Crippen molar-refractivity contribution in [2.75, 3.05) is 63.3 Å². The van der Waals surface area contributed by atoms with Crippen LogP contribution in [0.4, 0.5) is 29.1 Å². The van der Waals surface area contributed by atoms with Gasteiger partial charge >= 0.3 is 12.1 Å². The summed E-state index contributed by atoms with van der Waals surface area (Å²) < 4.78 is 60.2. The Morgan fingerprint density at radius 1 is 1.13 bits per heavy atom. The lowest BCUT2D eigenvalue weighted by Crippen LogP contribution is -2.52. The van der Waals surface area contributed by atoms with E-state index in [2.05, 4.69) is 34.7 Å². The highest BCUT2D eigenvalue weighted by Gasteiger charge is 2.34. The lowest BCUT2D eigenvalue weighted by Gasteiger charge is -2.40. The lowest BCUT2D eigenvalue weighted by atomic mass is 9.94. The van der Waals surface area contributed by atoms with Gasteiger partial charge in [0.25, 0.3) is 0 Å². The Kier molecular flexibility index (Phi) is 9.68. The fourth-order valence-electron chi connectivity index (χ4n) is 5.99. The third kappa shape index (κ3) is 7.79. The number of piperazine rings is 1. The van der Waals surface area contributed by atoms with Gasteiger partial charge in [-0.25, -0.2) is 24.3 Å². The molecule has 4 aromatic rings. The maximum absolute atomic E-state index is 14.1. The van der Waals surface area contributed by atoms with Gasteiger partial charge in [0.1, 0.15) is 22.8 Å². The summed E-state index contributed by atoms with van der Waals surface area (Å²) in [4.78, 5) is 38.9. The molecule has 1 saturated heterocycles. The molecule has 0 bridgehead atoms. The zero-order chi connectivity index (χ0) is 34.1. The number of aliphatic carboxylic acids is 1. The second-order valence-corrected chi connectivity index (χ2v) is 12.7. The van der Waals surface area contributed by atoms with Crippen molar-refractivity contribution in [3.8, 4) is 22.8 Å². The molecule has 4 heterocycles. The first-order chi connectivity index (χ1) is 22.1. The number of hydrogen-bond acceptors (Lipinski definition) is 9. The zero-order valence-corrected chi connectivity index (χ0v) is 26.9. The molecule has 0 radical (unpaired) electrons. The number of pyridine rings is 1. The van der Waals surface area contributed by atoms with Crippen LogP contribution in [0.15, 0.2) is 36.7 Å². The van der Waals surface area contributed by atoms with Crippen LogP contribution in [0.25, 0.3) is 33.9 Å². The average Bonchev–Trinajstić information content (AvgIpc) is 3.43. The van der Waals surface area contributed by atoms with E-state index < -0.39 is 23.5 Å². The number of H-pyrrole nitrogens is 1. The number of ether oxygens (including phenoxy) is 1. The predicted molar refractivity (Wildman–Crippen MR) is 170 cm³/mol. The van der Waals surface area contributed by atoms with Crippen molar-refractivity contribution >= 4 is 28.6 Å². The number of carboxylic acids is 1. The molecule has 47 heavy (non-hydrogen) atoms. The normalized spacial score (nSPS) is 16.2. The molecule has 252 valence electrons. The van der Waals surface area contributed by atoms with Crippen LogP contribution < -0.4 is 9.80 Å². The highest BCUT2D eigenvalue weighted by Crippen LogP contribution is 2.37. The molecule has 0 unspecified atom stereocenters. The summed E-state index contributed by atoms with van der Waals surface area (Å²) in [7, 11) is 3.48. The summed E-state index contributed by atoms with van der Waals surface area (Å²) in [5, 5.41) is 9.02. The number of aromatic nitrogens is 5. The highest BCUT2D eigenvalue weighted by atomic mass is 19.4. The summed E-state index contributed by atoms with van der Waals surface area (Å²) in [5.74, 6) is -1.14. The number of rotatable bonds is 11. The van der Waals surface area contributed by atoms with E-state index in [1.165, 1.54) is 6.07 Å². The van der Waals surface area contributed by atoms with Crippen LogP contribution in [0.1, 0.15) is 32.8 Å². The summed E-state index contributed by atoms with van der Waals surface area (Å²) in [6.07, 6.45) is -1.54. The van der Waals surface area contributed by atoms with Gasteiger partial charge in [-0.1, -0.05) is 13.8 Å². The number of alkyl halides is 3. The van der Waals surface area contributed by atoms with Crippen LogP contribution in [0.2, 0.25) is 0 Å². The Morgan fingerprint density at radius 2 is 1.89 bits per heavy atom. The molecule has 0 amide bonds. The van der Waals surface area contributed by atoms with Gasteiger partial charge in [-0.2, -0.15) is 13.2 Å². The summed E-state index contributed by atoms with van der Waals surface area (Å²) in [6, 6.07) is 4.61. The number of anilines is 2. The van der Waals surface area contributed by atoms with Crippen molar-refractivity contribution in [3.05, 3.63) is 48.0 Å². The van der Waals surface area contributed by atoms with Gasteiger partial charge in [-0.15, -0.1) is 0 Å². The molecule has 1 aliphatic rings. The fraction of sp³-hybridized carbons (Fsp3) is 0.469. The van der Waals surface area contributed by atoms with E-state index in [1.807, 2.05) is 32.7 Å². The quantitative estimate of drug-likeness (QED) is 0.204. The molecule has 1 fully saturated rings. The Bertz CT molecular complexity index is 1730. The number of aromatic amines is 1. The summed E-state index contributed by atoms with van der Waals surface area (Å²) in [6.45, 7) is 9.64. The van der Waals surface area contributed by atoms with Crippen molar-refractivity contribution in [1.82, 2.24) is 29.8 Å². The standard InChI is InChI=1S/C32H38F4N8O3/c1-19-16-44(11-10-43(19)9-8-27(45)46)26-15-37-24(14-38-26)29-40-28-25(42(4)17-31(2,3)18-47-5)13-23(39-30(28)41-29)20-6-7-22(33)21(12-20)32(34,35)36/h6-7,12-15,19H,8-11,16-18H2,1-5H3,(H,45,46)(H,39,40,41)/t19-/m0/s1. The van der Waals surface area contributed by atoms with Crippen LogP contribution in [0, 0.1) is 11.2 Å². The Morgan fingerprint density at radius 3 is 2.53 bits per heavy atom. The van der Waals surface area contributed by atoms with Crippen molar-refractivity contribution in [2.24, 2.45) is 5.41 Å². The number of carbonyl (C=O) groups is 1. The molecule has 15 heteroatoms. The predicted octanol–water partition coefficient (Wildman–Crippen LogP) is 5.33. The third-order valence-electron chi connectivity index (χ3n) is 8.20. The fourth-order valence-corrected chi connectivity index (χ4v) is 5.99. The molecule has 1 aliphatic heterocycles. The van der Waals surface area contributed by atoms with E-state index in [0.29, 0.717) is 67.9 Å². The van der Waals surface area contributed by atoms with Gasteiger partial charge in [-0.3, -0.25) is 9.69 Å². The zero-order valence-electron chi connectivity index (χ0n) is 26.9. The monoisotopic (exact) mass is 658 g/mol. The number of halogens is 4. The number of imidazole rings is 1. The topological polar surface area (TPSA) is 124 Å². The van der Waals surface area contributed by atoms with E-state index in [4.69, 9.17) is 9.84 Å². The van der Waals surface area contributed by atoms with Gasteiger partial charge in [0.15, 0.2) is 11.5 Å². The smallest absolute Gasteiger partial charge is 0.419 e. The number of nitrogens with one attached hydrogen (secondary N) is 1. The second-order valence-electron chi connectivity index (χ2n) is 12.7. The van der Waals surface area contributed by atoms with E-state index >= 15 is 0 Å². The minimum atomic E-state index is -4.87. The van der Waals surface area contributed by atoms with Crippen molar-refractivity contribution in [1.29, 1.82) is 0 Å². The van der Waals surface area contributed by atoms with Crippen LogP contribution in [-0.2, 0) is 15.7 Å². The number of methoxy groups -OCH3 is 1. The molecular weight excluding hydrogens is 620 g/mol. The maximum atomic E-state index is 14.1. The number of nitrogens with zero attached hydrogens (tertiary/aromatic N) is 7. The summed E-state index contributed by atoms with van der Waals surface area (Å²) >= 11 is 0. The number of fused-ring (bicyclic) bond motifs is 1. The lowest BCUT2D eigenvalue weighted by molar-refractivity contribution is -0.140. The molecule has 2 N–H and O–H groups in total. The van der Waals surface area contributed by atoms with Crippen molar-refractivity contribution in [2.45, 2.75) is 39.4 Å². The van der Waals surface area contributed by atoms with E-state index in [-0.39, 0.29) is 34.8 Å². The molecule has 11 nitrogen and oxygen atoms in total. The minimum absolute atomic E-state index is 0.0909. The highest BCUT2D eigenvalue weighted by molar-refractivity contribution is 5.91. The minimum Gasteiger partial charge on any atom is -0.481 e. The van der Waals surface area contributed by atoms with E-state index in [0.717, 1.165) is 12.1 Å². The van der Waals surface area contributed by atoms with Crippen LogP contribution in [-0.4, -0.2) is 100 Å². The number of carboxylic acid groups (broad SMARTS) is 1. The van der Waals surface area contributed by atoms with Gasteiger partial charge < -0.3 is 24.6 Å². The Hall–Kier alpha value is -4.37. The first-order valence-electron chi connectivity index (χ1n) is 15.2. The SMILES string of the molecule is COCC(C)(C)CN(C)c1cc(-c2ccc(F)c(C(F)(F)F)c2)nc2nc(-c3cnc(N4CCN(CCC(=O)O)[C@@H](C)C4)cn3)[nH]c12. The van der Waals surface area contributed by atoms with Gasteiger partial charge in [0, 0.05) is 63.9 Å². The molecule has 1 aromatic carbocycles. The largest absolute Gasteiger partial charge is 0.481 e. The first kappa shape index (κ1) is 34.0.